The van der Waals surface area contributed by atoms with Crippen LogP contribution in [0.4, 0.5) is 0 Å². The molecular formula is C22H29N3O. The van der Waals surface area contributed by atoms with E-state index >= 15 is 0 Å². The van der Waals surface area contributed by atoms with Crippen LogP contribution in [0.25, 0.3) is 16.8 Å². The van der Waals surface area contributed by atoms with Gasteiger partial charge in [0.2, 0.25) is 5.91 Å². The highest BCUT2D eigenvalue weighted by Crippen LogP contribution is 2.19. The van der Waals surface area contributed by atoms with Crippen molar-refractivity contribution < 1.29 is 4.79 Å². The summed E-state index contributed by atoms with van der Waals surface area (Å²) in [7, 11) is 0. The van der Waals surface area contributed by atoms with Gasteiger partial charge in [-0.1, -0.05) is 42.5 Å². The van der Waals surface area contributed by atoms with Crippen molar-refractivity contribution in [2.24, 2.45) is 0 Å². The van der Waals surface area contributed by atoms with Gasteiger partial charge in [0.05, 0.1) is 0 Å². The zero-order valence-electron chi connectivity index (χ0n) is 15.3. The monoisotopic (exact) mass is 351 g/mol. The smallest absolute Gasteiger partial charge is 0.243 e. The Labute approximate surface area is 156 Å². The Morgan fingerprint density at radius 3 is 2.85 bits per heavy atom. The van der Waals surface area contributed by atoms with Crippen LogP contribution < -0.4 is 16.0 Å². The molecule has 1 aliphatic heterocycles. The molecular weight excluding hydrogens is 322 g/mol. The van der Waals surface area contributed by atoms with Gasteiger partial charge in [0.1, 0.15) is 0 Å². The number of carbonyl (C=O) groups excluding carboxylic acids is 1. The minimum atomic E-state index is -0.0268. The Hall–Kier alpha value is -2.17. The van der Waals surface area contributed by atoms with E-state index in [1.54, 1.807) is 6.08 Å². The largest absolute Gasteiger partial charge is 0.353 e. The predicted octanol–water partition coefficient (Wildman–Crippen LogP) is 3.09. The van der Waals surface area contributed by atoms with Crippen molar-refractivity contribution in [3.8, 4) is 0 Å². The summed E-state index contributed by atoms with van der Waals surface area (Å²) in [5, 5.41) is 12.3. The molecule has 3 rings (SSSR count). The van der Waals surface area contributed by atoms with Crippen LogP contribution in [-0.4, -0.2) is 38.1 Å². The summed E-state index contributed by atoms with van der Waals surface area (Å²) in [5.41, 5.74) is 1.07. The number of hydrogen-bond acceptors (Lipinski definition) is 3. The quantitative estimate of drug-likeness (QED) is 0.481. The van der Waals surface area contributed by atoms with Gasteiger partial charge in [0.25, 0.3) is 0 Å². The van der Waals surface area contributed by atoms with Gasteiger partial charge >= 0.3 is 0 Å². The number of benzene rings is 2. The summed E-state index contributed by atoms with van der Waals surface area (Å²) in [6.45, 7) is 3.95. The van der Waals surface area contributed by atoms with Gasteiger partial charge < -0.3 is 16.0 Å². The Kier molecular flexibility index (Phi) is 7.23. The Balaban J connectivity index is 1.33. The van der Waals surface area contributed by atoms with Crippen molar-refractivity contribution in [2.75, 3.05) is 26.2 Å². The van der Waals surface area contributed by atoms with Crippen molar-refractivity contribution >= 4 is 22.8 Å². The maximum atomic E-state index is 12.0. The molecule has 4 heteroatoms. The van der Waals surface area contributed by atoms with Crippen molar-refractivity contribution in [3.05, 3.63) is 54.1 Å². The van der Waals surface area contributed by atoms with Crippen LogP contribution in [0.1, 0.15) is 31.2 Å². The fourth-order valence-electron chi connectivity index (χ4n) is 3.41. The molecule has 0 unspecified atom stereocenters. The average molecular weight is 351 g/mol. The molecule has 26 heavy (non-hydrogen) atoms. The fraction of sp³-hybridized carbons (Fsp3) is 0.409. The molecule has 0 aliphatic carbocycles. The number of hydrogen-bond donors (Lipinski definition) is 3. The second kappa shape index (κ2) is 10.1. The van der Waals surface area contributed by atoms with Crippen molar-refractivity contribution in [2.45, 2.75) is 31.7 Å². The predicted molar refractivity (Wildman–Crippen MR) is 109 cm³/mol. The lowest BCUT2D eigenvalue weighted by Gasteiger charge is -2.11. The van der Waals surface area contributed by atoms with E-state index in [1.807, 2.05) is 30.3 Å². The van der Waals surface area contributed by atoms with Crippen LogP contribution in [0.3, 0.4) is 0 Å². The fourth-order valence-corrected chi connectivity index (χ4v) is 3.41. The van der Waals surface area contributed by atoms with Gasteiger partial charge in [-0.15, -0.1) is 0 Å². The summed E-state index contributed by atoms with van der Waals surface area (Å²) >= 11 is 0. The summed E-state index contributed by atoms with van der Waals surface area (Å²) in [6.07, 6.45) is 8.19. The van der Waals surface area contributed by atoms with Crippen LogP contribution in [0.5, 0.6) is 0 Å². The van der Waals surface area contributed by atoms with Crippen LogP contribution in [0.15, 0.2) is 48.5 Å². The molecule has 1 saturated heterocycles. The van der Waals surface area contributed by atoms with Gasteiger partial charge in [0.15, 0.2) is 0 Å². The molecule has 0 radical (unpaired) electrons. The van der Waals surface area contributed by atoms with Gasteiger partial charge in [-0.3, -0.25) is 4.79 Å². The van der Waals surface area contributed by atoms with E-state index in [2.05, 4.69) is 34.1 Å². The number of amides is 1. The molecule has 1 amide bonds. The van der Waals surface area contributed by atoms with Crippen LogP contribution in [0, 0.1) is 0 Å². The van der Waals surface area contributed by atoms with Crippen LogP contribution in [0.2, 0.25) is 0 Å². The van der Waals surface area contributed by atoms with Gasteiger partial charge in [-0.2, -0.15) is 0 Å². The first-order valence-electron chi connectivity index (χ1n) is 9.71. The number of carbonyl (C=O) groups is 1. The van der Waals surface area contributed by atoms with E-state index in [0.717, 1.165) is 44.6 Å². The Morgan fingerprint density at radius 1 is 1.12 bits per heavy atom. The molecule has 1 aliphatic rings. The van der Waals surface area contributed by atoms with Crippen LogP contribution >= 0.6 is 0 Å². The first kappa shape index (κ1) is 18.6. The molecule has 0 bridgehead atoms. The van der Waals surface area contributed by atoms with Gasteiger partial charge in [0, 0.05) is 25.2 Å². The lowest BCUT2D eigenvalue weighted by Crippen LogP contribution is -2.34. The second-order valence-corrected chi connectivity index (χ2v) is 6.90. The molecule has 0 spiro atoms. The van der Waals surface area contributed by atoms with Crippen LogP contribution in [-0.2, 0) is 4.79 Å². The number of fused-ring (bicyclic) bond motifs is 1. The second-order valence-electron chi connectivity index (χ2n) is 6.90. The van der Waals surface area contributed by atoms with E-state index in [-0.39, 0.29) is 5.91 Å². The highest BCUT2D eigenvalue weighted by atomic mass is 16.1. The van der Waals surface area contributed by atoms with Crippen molar-refractivity contribution in [1.29, 1.82) is 0 Å². The topological polar surface area (TPSA) is 53.2 Å². The lowest BCUT2D eigenvalue weighted by atomic mass is 10.0. The molecule has 2 aromatic rings. The molecule has 1 fully saturated rings. The third-order valence-corrected chi connectivity index (χ3v) is 4.87. The van der Waals surface area contributed by atoms with E-state index in [0.29, 0.717) is 6.04 Å². The average Bonchev–Trinajstić information content (AvgIpc) is 3.19. The van der Waals surface area contributed by atoms with E-state index in [1.165, 1.54) is 23.6 Å². The maximum absolute atomic E-state index is 12.0. The molecule has 1 atom stereocenters. The van der Waals surface area contributed by atoms with E-state index in [4.69, 9.17) is 0 Å². The highest BCUT2D eigenvalue weighted by Gasteiger charge is 2.12. The third kappa shape index (κ3) is 5.68. The summed E-state index contributed by atoms with van der Waals surface area (Å²) < 4.78 is 0. The molecule has 0 saturated carbocycles. The summed E-state index contributed by atoms with van der Waals surface area (Å²) in [4.78, 5) is 12.0. The Bertz CT molecular complexity index is 730. The summed E-state index contributed by atoms with van der Waals surface area (Å²) in [6, 6.07) is 15.0. The third-order valence-electron chi connectivity index (χ3n) is 4.87. The molecule has 1 heterocycles. The zero-order valence-corrected chi connectivity index (χ0v) is 15.3. The van der Waals surface area contributed by atoms with Crippen molar-refractivity contribution in [3.63, 3.8) is 0 Å². The van der Waals surface area contributed by atoms with E-state index < -0.39 is 0 Å². The minimum Gasteiger partial charge on any atom is -0.353 e. The lowest BCUT2D eigenvalue weighted by molar-refractivity contribution is -0.116. The minimum absolute atomic E-state index is 0.0268. The van der Waals surface area contributed by atoms with Gasteiger partial charge in [-0.25, -0.2) is 0 Å². The Morgan fingerprint density at radius 2 is 1.96 bits per heavy atom. The standard InChI is InChI=1S/C22H29N3O/c26-22(25-15-4-3-14-23-17-20-10-6-16-24-20)13-12-19-9-5-8-18-7-1-2-11-21(18)19/h1-2,5,7-9,11-13,20,23-24H,3-4,6,10,14-17H2,(H,25,26)/b13-12+/t20-/m0/s1. The normalized spacial score (nSPS) is 17.2. The molecule has 2 aromatic carbocycles. The van der Waals surface area contributed by atoms with E-state index in [9.17, 15) is 4.79 Å². The van der Waals surface area contributed by atoms with Gasteiger partial charge in [-0.05, 0) is 61.2 Å². The number of unbranched alkanes of at least 4 members (excludes halogenated alkanes) is 1. The number of nitrogens with one attached hydrogen (secondary N) is 3. The molecule has 3 N–H and O–H groups in total. The molecule has 138 valence electrons. The maximum Gasteiger partial charge on any atom is 0.243 e. The molecule has 0 aromatic heterocycles. The first-order valence-corrected chi connectivity index (χ1v) is 9.71. The van der Waals surface area contributed by atoms with Crippen molar-refractivity contribution in [1.82, 2.24) is 16.0 Å². The number of rotatable bonds is 9. The first-order chi connectivity index (χ1) is 12.8. The zero-order chi connectivity index (χ0) is 18.0. The highest BCUT2D eigenvalue weighted by molar-refractivity contribution is 5.96. The molecule has 4 nitrogen and oxygen atoms in total. The SMILES string of the molecule is O=C(/C=C/c1cccc2ccccc12)NCCCCNC[C@@H]1CCCN1. The summed E-state index contributed by atoms with van der Waals surface area (Å²) in [5.74, 6) is -0.0268.